The van der Waals surface area contributed by atoms with Crippen LogP contribution in [0, 0.1) is 0 Å². The van der Waals surface area contributed by atoms with Crippen LogP contribution in [0.5, 0.6) is 0 Å². The first-order valence-corrected chi connectivity index (χ1v) is 7.48. The Morgan fingerprint density at radius 1 is 1.33 bits per heavy atom. The van der Waals surface area contributed by atoms with Gasteiger partial charge in [-0.05, 0) is 31.5 Å². The Labute approximate surface area is 107 Å². The third-order valence-corrected chi connectivity index (χ3v) is 3.66. The largest absolute Gasteiger partial charge is 0.447 e. The number of rotatable bonds is 9. The van der Waals surface area contributed by atoms with E-state index >= 15 is 0 Å². The van der Waals surface area contributed by atoms with Gasteiger partial charge in [0.05, 0.1) is 6.54 Å². The Morgan fingerprint density at radius 2 is 2.11 bits per heavy atom. The van der Waals surface area contributed by atoms with Gasteiger partial charge in [-0.2, -0.15) is 0 Å². The Kier molecular flexibility index (Phi) is 6.34. The van der Waals surface area contributed by atoms with E-state index in [-0.39, 0.29) is 11.7 Å². The minimum atomic E-state index is -3.57. The fourth-order valence-corrected chi connectivity index (χ4v) is 2.38. The lowest BCUT2D eigenvalue weighted by Crippen LogP contribution is -2.24. The molecular formula is C11H20N2O4S. The summed E-state index contributed by atoms with van der Waals surface area (Å²) in [6.45, 7) is 3.63. The topological polar surface area (TPSA) is 91.6 Å². The summed E-state index contributed by atoms with van der Waals surface area (Å²) in [5.41, 5.74) is 0. The molecule has 3 N–H and O–H groups in total. The molecule has 0 unspecified atom stereocenters. The van der Waals surface area contributed by atoms with Gasteiger partial charge in [0.25, 0.3) is 10.0 Å². The van der Waals surface area contributed by atoms with Crippen molar-refractivity contribution in [2.45, 2.75) is 31.4 Å². The third kappa shape index (κ3) is 4.77. The summed E-state index contributed by atoms with van der Waals surface area (Å²) in [5, 5.41) is 11.6. The second kappa shape index (κ2) is 7.52. The Hall–Kier alpha value is -0.890. The average Bonchev–Trinajstić information content (AvgIpc) is 2.81. The van der Waals surface area contributed by atoms with E-state index < -0.39 is 10.0 Å². The molecule has 18 heavy (non-hydrogen) atoms. The van der Waals surface area contributed by atoms with E-state index in [0.29, 0.717) is 31.7 Å². The van der Waals surface area contributed by atoms with Gasteiger partial charge < -0.3 is 14.8 Å². The molecule has 0 aromatic carbocycles. The molecule has 0 atom stereocenters. The van der Waals surface area contributed by atoms with E-state index in [1.165, 1.54) is 6.07 Å². The molecule has 0 saturated heterocycles. The fraction of sp³-hybridized carbons (Fsp3) is 0.636. The monoisotopic (exact) mass is 276 g/mol. The summed E-state index contributed by atoms with van der Waals surface area (Å²) in [6, 6.07) is 3.09. The lowest BCUT2D eigenvalue weighted by atomic mass is 10.3. The van der Waals surface area contributed by atoms with Crippen LogP contribution in [0.1, 0.15) is 25.5 Å². The molecular weight excluding hydrogens is 256 g/mol. The van der Waals surface area contributed by atoms with E-state index in [9.17, 15) is 8.42 Å². The van der Waals surface area contributed by atoms with E-state index in [2.05, 4.69) is 10.0 Å². The molecule has 0 aliphatic carbocycles. The highest BCUT2D eigenvalue weighted by molar-refractivity contribution is 7.89. The van der Waals surface area contributed by atoms with Crippen molar-refractivity contribution in [3.8, 4) is 0 Å². The highest BCUT2D eigenvalue weighted by Gasteiger charge is 2.17. The lowest BCUT2D eigenvalue weighted by molar-refractivity contribution is 0.285. The molecule has 0 aliphatic heterocycles. The van der Waals surface area contributed by atoms with Crippen molar-refractivity contribution in [1.29, 1.82) is 0 Å². The van der Waals surface area contributed by atoms with Gasteiger partial charge in [-0.15, -0.1) is 0 Å². The smallest absolute Gasteiger partial charge is 0.273 e. The van der Waals surface area contributed by atoms with Gasteiger partial charge in [0, 0.05) is 13.2 Å². The number of hydrogen-bond donors (Lipinski definition) is 3. The van der Waals surface area contributed by atoms with Gasteiger partial charge in [-0.1, -0.05) is 6.92 Å². The minimum Gasteiger partial charge on any atom is -0.447 e. The first-order valence-electron chi connectivity index (χ1n) is 6.00. The van der Waals surface area contributed by atoms with Gasteiger partial charge in [-0.3, -0.25) is 0 Å². The minimum absolute atomic E-state index is 0.0648. The van der Waals surface area contributed by atoms with Gasteiger partial charge in [-0.25, -0.2) is 13.1 Å². The van der Waals surface area contributed by atoms with Crippen molar-refractivity contribution in [2.24, 2.45) is 0 Å². The SMILES string of the molecule is CCNCc1ccc(S(=O)(=O)NCCCCO)o1. The fourth-order valence-electron chi connectivity index (χ4n) is 1.36. The van der Waals surface area contributed by atoms with E-state index in [4.69, 9.17) is 9.52 Å². The molecule has 1 aromatic heterocycles. The summed E-state index contributed by atoms with van der Waals surface area (Å²) in [6.07, 6.45) is 1.17. The Bertz CT molecular complexity index is 442. The van der Waals surface area contributed by atoms with Gasteiger partial charge >= 0.3 is 0 Å². The van der Waals surface area contributed by atoms with Gasteiger partial charge in [0.15, 0.2) is 0 Å². The van der Waals surface area contributed by atoms with Crippen LogP contribution in [0.4, 0.5) is 0 Å². The predicted molar refractivity (Wildman–Crippen MR) is 67.6 cm³/mol. The maximum absolute atomic E-state index is 11.8. The number of unbranched alkanes of at least 4 members (excludes halogenated alkanes) is 1. The molecule has 0 radical (unpaired) electrons. The summed E-state index contributed by atoms with van der Waals surface area (Å²) < 4.78 is 31.3. The molecule has 0 saturated carbocycles. The summed E-state index contributed by atoms with van der Waals surface area (Å²) in [5.74, 6) is 0.590. The van der Waals surface area contributed by atoms with E-state index in [1.54, 1.807) is 6.07 Å². The Balaban J connectivity index is 2.53. The molecule has 0 amide bonds. The molecule has 0 spiro atoms. The molecule has 0 bridgehead atoms. The number of nitrogens with one attached hydrogen (secondary N) is 2. The van der Waals surface area contributed by atoms with Crippen LogP contribution in [-0.2, 0) is 16.6 Å². The number of furan rings is 1. The van der Waals surface area contributed by atoms with E-state index in [0.717, 1.165) is 6.54 Å². The van der Waals surface area contributed by atoms with Gasteiger partial charge in [0.1, 0.15) is 5.76 Å². The van der Waals surface area contributed by atoms with Crippen molar-refractivity contribution in [3.63, 3.8) is 0 Å². The maximum Gasteiger partial charge on any atom is 0.273 e. The van der Waals surface area contributed by atoms with Gasteiger partial charge in [0.2, 0.25) is 5.09 Å². The number of aliphatic hydroxyl groups excluding tert-OH is 1. The maximum atomic E-state index is 11.8. The first kappa shape index (κ1) is 15.2. The molecule has 104 valence electrons. The Morgan fingerprint density at radius 3 is 2.78 bits per heavy atom. The molecule has 0 fully saturated rings. The molecule has 7 heteroatoms. The van der Waals surface area contributed by atoms with Crippen LogP contribution in [-0.4, -0.2) is 33.2 Å². The average molecular weight is 276 g/mol. The zero-order valence-electron chi connectivity index (χ0n) is 10.5. The van der Waals surface area contributed by atoms with Crippen LogP contribution in [0.2, 0.25) is 0 Å². The van der Waals surface area contributed by atoms with Crippen molar-refractivity contribution in [3.05, 3.63) is 17.9 Å². The molecule has 0 aliphatic rings. The molecule has 1 aromatic rings. The quantitative estimate of drug-likeness (QED) is 0.569. The lowest BCUT2D eigenvalue weighted by Gasteiger charge is -2.03. The second-order valence-corrected chi connectivity index (χ2v) is 5.53. The van der Waals surface area contributed by atoms with Crippen LogP contribution >= 0.6 is 0 Å². The van der Waals surface area contributed by atoms with E-state index in [1.807, 2.05) is 6.92 Å². The highest BCUT2D eigenvalue weighted by Crippen LogP contribution is 2.13. The van der Waals surface area contributed by atoms with Crippen molar-refractivity contribution < 1.29 is 17.9 Å². The predicted octanol–water partition coefficient (Wildman–Crippen LogP) is 0.440. The van der Waals surface area contributed by atoms with Crippen LogP contribution < -0.4 is 10.0 Å². The third-order valence-electron chi connectivity index (χ3n) is 2.33. The van der Waals surface area contributed by atoms with Crippen molar-refractivity contribution >= 4 is 10.0 Å². The summed E-state index contributed by atoms with van der Waals surface area (Å²) >= 11 is 0. The standard InChI is InChI=1S/C11H20N2O4S/c1-2-12-9-10-5-6-11(17-10)18(15,16)13-7-3-4-8-14/h5-6,12-14H,2-4,7-9H2,1H3. The summed E-state index contributed by atoms with van der Waals surface area (Å²) in [7, 11) is -3.57. The van der Waals surface area contributed by atoms with Crippen molar-refractivity contribution in [1.82, 2.24) is 10.0 Å². The molecule has 1 heterocycles. The summed E-state index contributed by atoms with van der Waals surface area (Å²) in [4.78, 5) is 0. The number of hydrogen-bond acceptors (Lipinski definition) is 5. The molecule has 1 rings (SSSR count). The highest BCUT2D eigenvalue weighted by atomic mass is 32.2. The zero-order valence-corrected chi connectivity index (χ0v) is 11.3. The van der Waals surface area contributed by atoms with Crippen LogP contribution in [0.25, 0.3) is 0 Å². The number of sulfonamides is 1. The van der Waals surface area contributed by atoms with Crippen molar-refractivity contribution in [2.75, 3.05) is 19.7 Å². The second-order valence-electron chi connectivity index (χ2n) is 3.83. The zero-order chi connectivity index (χ0) is 13.4. The normalized spacial score (nSPS) is 11.9. The molecule has 6 nitrogen and oxygen atoms in total. The first-order chi connectivity index (χ1) is 8.60. The number of aliphatic hydroxyl groups is 1. The van der Waals surface area contributed by atoms with Crippen LogP contribution in [0.3, 0.4) is 0 Å². The van der Waals surface area contributed by atoms with Crippen LogP contribution in [0.15, 0.2) is 21.6 Å².